The Kier molecular flexibility index (Phi) is 6.31. The van der Waals surface area contributed by atoms with E-state index in [4.69, 9.17) is 5.26 Å². The Morgan fingerprint density at radius 3 is 2.62 bits per heavy atom. The maximum atomic E-state index is 11.7. The molecular weight excluding hydrogens is 290 g/mol. The lowest BCUT2D eigenvalue weighted by Gasteiger charge is -2.22. The third-order valence-electron chi connectivity index (χ3n) is 2.66. The van der Waals surface area contributed by atoms with E-state index in [2.05, 4.69) is 29.6 Å². The minimum Gasteiger partial charge on any atom is -0.464 e. The van der Waals surface area contributed by atoms with E-state index >= 15 is 0 Å². The van der Waals surface area contributed by atoms with Gasteiger partial charge in [0.25, 0.3) is 0 Å². The Labute approximate surface area is 128 Å². The smallest absolute Gasteiger partial charge is 0.358 e. The van der Waals surface area contributed by atoms with Crippen molar-refractivity contribution in [3.05, 3.63) is 10.6 Å². The molecule has 0 saturated carbocycles. The lowest BCUT2D eigenvalue weighted by molar-refractivity contribution is 0.0591. The number of Topliss-reactive ketones (excluding diaryl/α,β-unsaturated/α-hetero) is 1. The van der Waals surface area contributed by atoms with Crippen LogP contribution < -0.4 is 4.90 Å². The Balaban J connectivity index is 3.16. The molecule has 1 aromatic heterocycles. The van der Waals surface area contributed by atoms with Gasteiger partial charge in [-0.1, -0.05) is 25.2 Å². The summed E-state index contributed by atoms with van der Waals surface area (Å²) in [6.45, 7) is 6.72. The zero-order valence-corrected chi connectivity index (χ0v) is 13.5. The van der Waals surface area contributed by atoms with Crippen LogP contribution in [0.4, 0.5) is 5.13 Å². The van der Waals surface area contributed by atoms with Crippen molar-refractivity contribution in [2.45, 2.75) is 27.2 Å². The lowest BCUT2D eigenvalue weighted by Crippen LogP contribution is -2.28. The molecule has 0 N–H and O–H groups in total. The number of aromatic nitrogens is 1. The maximum Gasteiger partial charge on any atom is 0.358 e. The average molecular weight is 309 g/mol. The zero-order chi connectivity index (χ0) is 16.0. The topological polar surface area (TPSA) is 83.3 Å². The first kappa shape index (κ1) is 17.1. The molecule has 7 heteroatoms. The first-order valence-electron chi connectivity index (χ1n) is 6.62. The fourth-order valence-electron chi connectivity index (χ4n) is 1.81. The molecule has 0 spiro atoms. The van der Waals surface area contributed by atoms with E-state index in [0.717, 1.165) is 0 Å². The standard InChI is InChI=1S/C14H19N3O3S/c1-9(2)8-17(7-5-6-15)14-16-11(13(19)20-4)12(21-14)10(3)18/h9H,5,7-8H2,1-4H3. The van der Waals surface area contributed by atoms with Gasteiger partial charge in [-0.05, 0) is 5.92 Å². The second-order valence-corrected chi connectivity index (χ2v) is 5.95. The van der Waals surface area contributed by atoms with Crippen LogP contribution in [-0.4, -0.2) is 36.9 Å². The molecule has 0 atom stereocenters. The number of hydrogen-bond donors (Lipinski definition) is 0. The number of nitriles is 1. The normalized spacial score (nSPS) is 10.3. The number of hydrogen-bond acceptors (Lipinski definition) is 7. The molecule has 6 nitrogen and oxygen atoms in total. The molecule has 114 valence electrons. The molecular formula is C14H19N3O3S. The van der Waals surface area contributed by atoms with Crippen LogP contribution in [0.3, 0.4) is 0 Å². The van der Waals surface area contributed by atoms with Gasteiger partial charge in [-0.25, -0.2) is 9.78 Å². The fraction of sp³-hybridized carbons (Fsp3) is 0.571. The number of carbonyl (C=O) groups excluding carboxylic acids is 2. The Bertz CT molecular complexity index is 560. The molecule has 1 aromatic rings. The first-order chi connectivity index (χ1) is 9.90. The van der Waals surface area contributed by atoms with Gasteiger partial charge < -0.3 is 9.64 Å². The van der Waals surface area contributed by atoms with Gasteiger partial charge in [0.15, 0.2) is 16.6 Å². The summed E-state index contributed by atoms with van der Waals surface area (Å²) < 4.78 is 4.66. The van der Waals surface area contributed by atoms with E-state index in [1.807, 2.05) is 4.90 Å². The van der Waals surface area contributed by atoms with Gasteiger partial charge in [-0.15, -0.1) is 0 Å². The predicted octanol–water partition coefficient (Wildman–Crippen LogP) is 2.51. The van der Waals surface area contributed by atoms with Crippen molar-refractivity contribution in [1.29, 1.82) is 5.26 Å². The largest absolute Gasteiger partial charge is 0.464 e. The number of nitrogens with zero attached hydrogens (tertiary/aromatic N) is 3. The Morgan fingerprint density at radius 1 is 1.48 bits per heavy atom. The molecule has 0 saturated heterocycles. The van der Waals surface area contributed by atoms with Gasteiger partial charge in [-0.2, -0.15) is 5.26 Å². The molecule has 21 heavy (non-hydrogen) atoms. The van der Waals surface area contributed by atoms with Crippen LogP contribution >= 0.6 is 11.3 Å². The van der Waals surface area contributed by atoms with Gasteiger partial charge in [0.2, 0.25) is 0 Å². The zero-order valence-electron chi connectivity index (χ0n) is 12.7. The number of esters is 1. The first-order valence-corrected chi connectivity index (χ1v) is 7.44. The average Bonchev–Trinajstić information content (AvgIpc) is 2.87. The van der Waals surface area contributed by atoms with Crippen LogP contribution in [0.1, 0.15) is 47.4 Å². The monoisotopic (exact) mass is 309 g/mol. The van der Waals surface area contributed by atoms with E-state index in [1.165, 1.54) is 25.4 Å². The predicted molar refractivity (Wildman–Crippen MR) is 80.7 cm³/mol. The summed E-state index contributed by atoms with van der Waals surface area (Å²) >= 11 is 1.17. The number of ether oxygens (including phenoxy) is 1. The number of anilines is 1. The van der Waals surface area contributed by atoms with Crippen LogP contribution in [0.25, 0.3) is 0 Å². The molecule has 0 aliphatic heterocycles. The number of thiazole rings is 1. The molecule has 0 amide bonds. The van der Waals surface area contributed by atoms with Crippen molar-refractivity contribution in [1.82, 2.24) is 4.98 Å². The molecule has 1 rings (SSSR count). The van der Waals surface area contributed by atoms with Gasteiger partial charge in [0.05, 0.1) is 19.6 Å². The van der Waals surface area contributed by atoms with Crippen molar-refractivity contribution in [3.63, 3.8) is 0 Å². The minimum absolute atomic E-state index is 0.0516. The summed E-state index contributed by atoms with van der Waals surface area (Å²) in [4.78, 5) is 29.8. The highest BCUT2D eigenvalue weighted by Gasteiger charge is 2.24. The van der Waals surface area contributed by atoms with Crippen LogP contribution in [0.5, 0.6) is 0 Å². The SMILES string of the molecule is COC(=O)c1nc(N(CCC#N)CC(C)C)sc1C(C)=O. The van der Waals surface area contributed by atoms with Gasteiger partial charge in [-0.3, -0.25) is 4.79 Å². The van der Waals surface area contributed by atoms with Crippen molar-refractivity contribution < 1.29 is 14.3 Å². The van der Waals surface area contributed by atoms with E-state index in [0.29, 0.717) is 35.4 Å². The lowest BCUT2D eigenvalue weighted by atomic mass is 10.2. The van der Waals surface area contributed by atoms with E-state index in [-0.39, 0.29) is 11.5 Å². The molecule has 0 unspecified atom stereocenters. The third-order valence-corrected chi connectivity index (χ3v) is 3.88. The van der Waals surface area contributed by atoms with E-state index in [1.54, 1.807) is 0 Å². The summed E-state index contributed by atoms with van der Waals surface area (Å²) in [5, 5.41) is 9.32. The summed E-state index contributed by atoms with van der Waals surface area (Å²) in [6.07, 6.45) is 0.356. The summed E-state index contributed by atoms with van der Waals surface area (Å²) in [5.74, 6) is -0.466. The van der Waals surface area contributed by atoms with Gasteiger partial charge in [0, 0.05) is 20.0 Å². The van der Waals surface area contributed by atoms with Crippen molar-refractivity contribution in [2.24, 2.45) is 5.92 Å². The van der Waals surface area contributed by atoms with Gasteiger partial charge >= 0.3 is 5.97 Å². The molecule has 0 aromatic carbocycles. The second-order valence-electron chi connectivity index (χ2n) is 4.97. The van der Waals surface area contributed by atoms with Crippen LogP contribution in [0.2, 0.25) is 0 Å². The van der Waals surface area contributed by atoms with Crippen molar-refractivity contribution in [3.8, 4) is 6.07 Å². The fourth-order valence-corrected chi connectivity index (χ4v) is 2.79. The van der Waals surface area contributed by atoms with E-state index < -0.39 is 5.97 Å². The van der Waals surface area contributed by atoms with E-state index in [9.17, 15) is 9.59 Å². The van der Waals surface area contributed by atoms with Crippen molar-refractivity contribution >= 4 is 28.2 Å². The molecule has 0 aliphatic carbocycles. The summed E-state index contributed by atoms with van der Waals surface area (Å²) in [5.41, 5.74) is 0.0516. The quantitative estimate of drug-likeness (QED) is 0.568. The highest BCUT2D eigenvalue weighted by atomic mass is 32.1. The number of methoxy groups -OCH3 is 1. The Morgan fingerprint density at radius 2 is 2.14 bits per heavy atom. The molecule has 0 fully saturated rings. The second kappa shape index (κ2) is 7.74. The summed E-state index contributed by atoms with van der Waals surface area (Å²) in [6, 6.07) is 2.10. The molecule has 1 heterocycles. The van der Waals surface area contributed by atoms with Gasteiger partial charge in [0.1, 0.15) is 4.88 Å². The van der Waals surface area contributed by atoms with Crippen LogP contribution in [-0.2, 0) is 4.74 Å². The summed E-state index contributed by atoms with van der Waals surface area (Å²) in [7, 11) is 1.26. The number of rotatable bonds is 7. The molecule has 0 radical (unpaired) electrons. The minimum atomic E-state index is -0.618. The number of carbonyl (C=O) groups is 2. The van der Waals surface area contributed by atoms with Crippen LogP contribution in [0.15, 0.2) is 0 Å². The molecule has 0 aliphatic rings. The highest BCUT2D eigenvalue weighted by molar-refractivity contribution is 7.17. The third kappa shape index (κ3) is 4.53. The maximum absolute atomic E-state index is 11.7. The van der Waals surface area contributed by atoms with Crippen molar-refractivity contribution in [2.75, 3.05) is 25.1 Å². The number of ketones is 1. The molecule has 0 bridgehead atoms. The Hall–Kier alpha value is -1.94. The highest BCUT2D eigenvalue weighted by Crippen LogP contribution is 2.28. The van der Waals surface area contributed by atoms with Crippen LogP contribution in [0, 0.1) is 17.2 Å².